The predicted molar refractivity (Wildman–Crippen MR) is 81.7 cm³/mol. The average molecular weight is 263 g/mol. The molecule has 20 heavy (non-hydrogen) atoms. The zero-order valence-electron chi connectivity index (χ0n) is 11.5. The number of hydrogen-bond donors (Lipinski definition) is 1. The van der Waals surface area contributed by atoms with Gasteiger partial charge in [-0.25, -0.2) is 0 Å². The van der Waals surface area contributed by atoms with Crippen LogP contribution in [0.1, 0.15) is 27.9 Å². The summed E-state index contributed by atoms with van der Waals surface area (Å²) < 4.78 is 0. The molecule has 0 heterocycles. The summed E-state index contributed by atoms with van der Waals surface area (Å²) in [7, 11) is 1.90. The van der Waals surface area contributed by atoms with Gasteiger partial charge in [-0.05, 0) is 19.2 Å². The lowest BCUT2D eigenvalue weighted by Gasteiger charge is -2.03. The van der Waals surface area contributed by atoms with Crippen molar-refractivity contribution in [1.82, 2.24) is 5.32 Å². The highest BCUT2D eigenvalue weighted by Crippen LogP contribution is 2.13. The minimum absolute atomic E-state index is 0.0177. The molecule has 100 valence electrons. The zero-order valence-corrected chi connectivity index (χ0v) is 11.5. The van der Waals surface area contributed by atoms with Gasteiger partial charge in [0.1, 0.15) is 0 Å². The Hall–Kier alpha value is -2.37. The first-order valence-electron chi connectivity index (χ1n) is 6.65. The number of carbonyl (C=O) groups excluding carboxylic acids is 1. The van der Waals surface area contributed by atoms with Crippen LogP contribution in [0.4, 0.5) is 0 Å². The van der Waals surface area contributed by atoms with Crippen LogP contribution >= 0.6 is 0 Å². The molecule has 2 rings (SSSR count). The first kappa shape index (κ1) is 14.0. The lowest BCUT2D eigenvalue weighted by molar-refractivity contribution is 0.103. The lowest BCUT2D eigenvalue weighted by atomic mass is 9.98. The van der Waals surface area contributed by atoms with E-state index in [4.69, 9.17) is 0 Å². The molecule has 2 heteroatoms. The standard InChI is InChI=1S/C18H17NO/c1-19-14-8-7-10-15-9-5-6-13-17(15)18(20)16-11-3-2-4-12-16/h2-6,9,11-13,19H,8,14H2,1H3. The maximum absolute atomic E-state index is 12.5. The maximum atomic E-state index is 12.5. The Morgan fingerprint density at radius 3 is 2.50 bits per heavy atom. The Morgan fingerprint density at radius 2 is 1.75 bits per heavy atom. The van der Waals surface area contributed by atoms with Crippen molar-refractivity contribution in [3.05, 3.63) is 71.3 Å². The second-order valence-corrected chi connectivity index (χ2v) is 4.40. The van der Waals surface area contributed by atoms with E-state index in [9.17, 15) is 4.79 Å². The van der Waals surface area contributed by atoms with Crippen LogP contribution in [0.2, 0.25) is 0 Å². The summed E-state index contributed by atoms with van der Waals surface area (Å²) in [5.41, 5.74) is 2.14. The van der Waals surface area contributed by atoms with Gasteiger partial charge in [-0.15, -0.1) is 0 Å². The van der Waals surface area contributed by atoms with Crippen molar-refractivity contribution in [2.45, 2.75) is 6.42 Å². The van der Waals surface area contributed by atoms with Crippen LogP contribution < -0.4 is 5.32 Å². The zero-order chi connectivity index (χ0) is 14.2. The molecule has 2 nitrogen and oxygen atoms in total. The van der Waals surface area contributed by atoms with Crippen molar-refractivity contribution in [2.75, 3.05) is 13.6 Å². The Balaban J connectivity index is 2.27. The van der Waals surface area contributed by atoms with E-state index in [-0.39, 0.29) is 5.78 Å². The summed E-state index contributed by atoms with van der Waals surface area (Å²) in [4.78, 5) is 12.5. The summed E-state index contributed by atoms with van der Waals surface area (Å²) in [5.74, 6) is 6.19. The highest BCUT2D eigenvalue weighted by molar-refractivity contribution is 6.10. The molecule has 0 aliphatic rings. The fourth-order valence-electron chi connectivity index (χ4n) is 1.88. The normalized spacial score (nSPS) is 9.65. The van der Waals surface area contributed by atoms with E-state index in [1.165, 1.54) is 0 Å². The Labute approximate surface area is 119 Å². The average Bonchev–Trinajstić information content (AvgIpc) is 2.52. The van der Waals surface area contributed by atoms with Crippen molar-refractivity contribution < 1.29 is 4.79 Å². The first-order chi connectivity index (χ1) is 9.83. The number of hydrogen-bond acceptors (Lipinski definition) is 2. The molecule has 0 fully saturated rings. The van der Waals surface area contributed by atoms with Gasteiger partial charge in [-0.2, -0.15) is 0 Å². The van der Waals surface area contributed by atoms with Crippen LogP contribution in [-0.2, 0) is 0 Å². The van der Waals surface area contributed by atoms with E-state index < -0.39 is 0 Å². The molecule has 1 N–H and O–H groups in total. The topological polar surface area (TPSA) is 29.1 Å². The molecule has 0 aliphatic carbocycles. The van der Waals surface area contributed by atoms with Gasteiger partial charge in [0.05, 0.1) is 0 Å². The Bertz CT molecular complexity index is 635. The van der Waals surface area contributed by atoms with Gasteiger partial charge in [0, 0.05) is 29.7 Å². The summed E-state index contributed by atoms with van der Waals surface area (Å²) in [6, 6.07) is 16.8. The number of ketones is 1. The van der Waals surface area contributed by atoms with Crippen molar-refractivity contribution in [3.8, 4) is 11.8 Å². The summed E-state index contributed by atoms with van der Waals surface area (Å²) in [5, 5.41) is 3.05. The van der Waals surface area contributed by atoms with Crippen LogP contribution in [0.25, 0.3) is 0 Å². The second kappa shape index (κ2) is 7.28. The van der Waals surface area contributed by atoms with Crippen LogP contribution in [0.15, 0.2) is 54.6 Å². The van der Waals surface area contributed by atoms with Crippen LogP contribution in [-0.4, -0.2) is 19.4 Å². The number of carbonyl (C=O) groups is 1. The largest absolute Gasteiger partial charge is 0.319 e. The molecule has 0 saturated carbocycles. The van der Waals surface area contributed by atoms with Crippen LogP contribution in [0.5, 0.6) is 0 Å². The van der Waals surface area contributed by atoms with Crippen LogP contribution in [0, 0.1) is 11.8 Å². The molecule has 0 spiro atoms. The van der Waals surface area contributed by atoms with E-state index in [2.05, 4.69) is 17.2 Å². The minimum Gasteiger partial charge on any atom is -0.319 e. The molecule has 0 bridgehead atoms. The molecule has 0 aliphatic heterocycles. The second-order valence-electron chi connectivity index (χ2n) is 4.40. The quantitative estimate of drug-likeness (QED) is 0.522. The molecule has 0 radical (unpaired) electrons. The predicted octanol–water partition coefficient (Wildman–Crippen LogP) is 2.88. The van der Waals surface area contributed by atoms with Crippen molar-refractivity contribution >= 4 is 5.78 Å². The lowest BCUT2D eigenvalue weighted by Crippen LogP contribution is -2.06. The first-order valence-corrected chi connectivity index (χ1v) is 6.65. The molecular formula is C18H17NO. The molecule has 2 aromatic rings. The van der Waals surface area contributed by atoms with Crippen LogP contribution in [0.3, 0.4) is 0 Å². The number of nitrogens with one attached hydrogen (secondary N) is 1. The highest BCUT2D eigenvalue weighted by atomic mass is 16.1. The highest BCUT2D eigenvalue weighted by Gasteiger charge is 2.11. The molecule has 0 aromatic heterocycles. The van der Waals surface area contributed by atoms with E-state index >= 15 is 0 Å². The van der Waals surface area contributed by atoms with E-state index in [0.29, 0.717) is 11.1 Å². The number of benzene rings is 2. The fraction of sp³-hybridized carbons (Fsp3) is 0.167. The molecule has 0 atom stereocenters. The third-order valence-corrected chi connectivity index (χ3v) is 2.93. The third kappa shape index (κ3) is 3.57. The van der Waals surface area contributed by atoms with Gasteiger partial charge in [-0.3, -0.25) is 4.79 Å². The monoisotopic (exact) mass is 263 g/mol. The van der Waals surface area contributed by atoms with E-state index in [0.717, 1.165) is 18.5 Å². The van der Waals surface area contributed by atoms with Crippen molar-refractivity contribution in [2.24, 2.45) is 0 Å². The van der Waals surface area contributed by atoms with Gasteiger partial charge in [0.15, 0.2) is 5.78 Å². The molecule has 0 unspecified atom stereocenters. The van der Waals surface area contributed by atoms with Gasteiger partial charge >= 0.3 is 0 Å². The van der Waals surface area contributed by atoms with Gasteiger partial charge in [0.25, 0.3) is 0 Å². The Kier molecular flexibility index (Phi) is 5.11. The summed E-state index contributed by atoms with van der Waals surface area (Å²) >= 11 is 0. The molecule has 0 amide bonds. The maximum Gasteiger partial charge on any atom is 0.194 e. The molecular weight excluding hydrogens is 246 g/mol. The summed E-state index contributed by atoms with van der Waals surface area (Å²) in [6.45, 7) is 0.849. The SMILES string of the molecule is CNCCC#Cc1ccccc1C(=O)c1ccccc1. The van der Waals surface area contributed by atoms with Gasteiger partial charge in [-0.1, -0.05) is 54.3 Å². The minimum atomic E-state index is 0.0177. The molecule has 0 saturated heterocycles. The third-order valence-electron chi connectivity index (χ3n) is 2.93. The van der Waals surface area contributed by atoms with Crippen molar-refractivity contribution in [3.63, 3.8) is 0 Å². The van der Waals surface area contributed by atoms with Crippen molar-refractivity contribution in [1.29, 1.82) is 0 Å². The van der Waals surface area contributed by atoms with E-state index in [1.807, 2.05) is 61.6 Å². The molecule has 2 aromatic carbocycles. The smallest absolute Gasteiger partial charge is 0.194 e. The number of rotatable bonds is 4. The van der Waals surface area contributed by atoms with Gasteiger partial charge in [0.2, 0.25) is 0 Å². The fourth-order valence-corrected chi connectivity index (χ4v) is 1.88. The Morgan fingerprint density at radius 1 is 1.05 bits per heavy atom. The van der Waals surface area contributed by atoms with Gasteiger partial charge < -0.3 is 5.32 Å². The van der Waals surface area contributed by atoms with E-state index in [1.54, 1.807) is 0 Å². The summed E-state index contributed by atoms with van der Waals surface area (Å²) in [6.07, 6.45) is 0.768.